The molecule has 0 radical (unpaired) electrons. The van der Waals surface area contributed by atoms with Gasteiger partial charge in [0.2, 0.25) is 0 Å². The predicted molar refractivity (Wildman–Crippen MR) is 97.1 cm³/mol. The number of aliphatic hydroxyl groups excluding tert-OH is 1. The summed E-state index contributed by atoms with van der Waals surface area (Å²) in [6.07, 6.45) is 0.952. The average molecular weight is 350 g/mol. The third-order valence-corrected chi connectivity index (χ3v) is 3.74. The van der Waals surface area contributed by atoms with Crippen molar-refractivity contribution in [2.75, 3.05) is 26.4 Å². The van der Waals surface area contributed by atoms with Gasteiger partial charge in [0.1, 0.15) is 6.61 Å². The fraction of sp³-hybridized carbons (Fsp3) is 0.368. The second kappa shape index (κ2) is 10.2. The second-order valence-electron chi connectivity index (χ2n) is 5.34. The molecule has 24 heavy (non-hydrogen) atoms. The number of halogens is 1. The van der Waals surface area contributed by atoms with Gasteiger partial charge in [-0.1, -0.05) is 29.8 Å². The van der Waals surface area contributed by atoms with Crippen LogP contribution in [0.1, 0.15) is 18.1 Å². The Balaban J connectivity index is 1.85. The number of rotatable bonds is 10. The van der Waals surface area contributed by atoms with Crippen molar-refractivity contribution in [1.29, 1.82) is 0 Å². The highest BCUT2D eigenvalue weighted by Crippen LogP contribution is 2.28. The van der Waals surface area contributed by atoms with Crippen LogP contribution in [0, 0.1) is 0 Å². The van der Waals surface area contributed by atoms with Gasteiger partial charge in [0.05, 0.1) is 13.2 Å². The summed E-state index contributed by atoms with van der Waals surface area (Å²) in [6, 6.07) is 13.8. The number of aliphatic hydroxyl groups is 1. The highest BCUT2D eigenvalue weighted by molar-refractivity contribution is 6.30. The molecule has 130 valence electrons. The lowest BCUT2D eigenvalue weighted by atomic mass is 10.1. The molecule has 0 aromatic heterocycles. The molecule has 2 aromatic carbocycles. The van der Waals surface area contributed by atoms with Crippen molar-refractivity contribution in [3.63, 3.8) is 0 Å². The Morgan fingerprint density at radius 3 is 2.46 bits per heavy atom. The Morgan fingerprint density at radius 1 is 1.00 bits per heavy atom. The Morgan fingerprint density at radius 2 is 1.75 bits per heavy atom. The zero-order valence-corrected chi connectivity index (χ0v) is 14.7. The molecule has 0 amide bonds. The highest BCUT2D eigenvalue weighted by atomic mass is 35.5. The fourth-order valence-corrected chi connectivity index (χ4v) is 2.45. The van der Waals surface area contributed by atoms with Crippen molar-refractivity contribution < 1.29 is 14.6 Å². The van der Waals surface area contributed by atoms with Gasteiger partial charge in [0.15, 0.2) is 11.5 Å². The molecular formula is C19H24ClNO3. The Labute approximate surface area is 148 Å². The van der Waals surface area contributed by atoms with Gasteiger partial charge in [-0.15, -0.1) is 0 Å². The van der Waals surface area contributed by atoms with E-state index in [-0.39, 0.29) is 13.2 Å². The van der Waals surface area contributed by atoms with Crippen LogP contribution in [-0.2, 0) is 13.0 Å². The van der Waals surface area contributed by atoms with Crippen LogP contribution >= 0.6 is 11.6 Å². The summed E-state index contributed by atoms with van der Waals surface area (Å²) in [7, 11) is 0. The first-order chi connectivity index (χ1) is 11.7. The average Bonchev–Trinajstić information content (AvgIpc) is 2.60. The largest absolute Gasteiger partial charge is 0.490 e. The molecule has 0 atom stereocenters. The number of hydrogen-bond acceptors (Lipinski definition) is 4. The fourth-order valence-electron chi connectivity index (χ4n) is 2.32. The standard InChI is InChI=1S/C19H24ClNO3/c1-2-23-19-13-16(5-8-18(19)24-12-11-22)14-21-10-9-15-3-6-17(20)7-4-15/h3-8,13,21-22H,2,9-12,14H2,1H3. The van der Waals surface area contributed by atoms with Crippen molar-refractivity contribution in [2.24, 2.45) is 0 Å². The quantitative estimate of drug-likeness (QED) is 0.645. The molecule has 0 unspecified atom stereocenters. The molecule has 0 aliphatic heterocycles. The molecule has 0 bridgehead atoms. The second-order valence-corrected chi connectivity index (χ2v) is 5.78. The lowest BCUT2D eigenvalue weighted by Gasteiger charge is -2.13. The summed E-state index contributed by atoms with van der Waals surface area (Å²) in [6.45, 7) is 4.40. The molecule has 5 heteroatoms. The van der Waals surface area contributed by atoms with Gasteiger partial charge in [-0.3, -0.25) is 0 Å². The van der Waals surface area contributed by atoms with Crippen LogP contribution in [0.2, 0.25) is 5.02 Å². The maximum Gasteiger partial charge on any atom is 0.161 e. The monoisotopic (exact) mass is 349 g/mol. The summed E-state index contributed by atoms with van der Waals surface area (Å²) in [5.41, 5.74) is 2.39. The number of hydrogen-bond donors (Lipinski definition) is 2. The summed E-state index contributed by atoms with van der Waals surface area (Å²) < 4.78 is 11.1. The van der Waals surface area contributed by atoms with E-state index in [4.69, 9.17) is 26.2 Å². The molecule has 2 aromatic rings. The van der Waals surface area contributed by atoms with E-state index in [2.05, 4.69) is 5.32 Å². The molecule has 2 N–H and O–H groups in total. The van der Waals surface area contributed by atoms with E-state index >= 15 is 0 Å². The maximum atomic E-state index is 8.87. The molecular weight excluding hydrogens is 326 g/mol. The summed E-state index contributed by atoms with van der Waals surface area (Å²) in [5, 5.41) is 13.1. The minimum Gasteiger partial charge on any atom is -0.490 e. The Bertz CT molecular complexity index is 617. The minimum absolute atomic E-state index is 0.0143. The van der Waals surface area contributed by atoms with Gasteiger partial charge in [-0.2, -0.15) is 0 Å². The summed E-state index contributed by atoms with van der Waals surface area (Å²) in [5.74, 6) is 1.37. The SMILES string of the molecule is CCOc1cc(CNCCc2ccc(Cl)cc2)ccc1OCCO. The van der Waals surface area contributed by atoms with Crippen molar-refractivity contribution in [3.05, 3.63) is 58.6 Å². The smallest absolute Gasteiger partial charge is 0.161 e. The molecule has 0 aliphatic carbocycles. The van der Waals surface area contributed by atoms with Crippen LogP contribution in [0.15, 0.2) is 42.5 Å². The van der Waals surface area contributed by atoms with Gasteiger partial charge < -0.3 is 19.9 Å². The van der Waals surface area contributed by atoms with E-state index in [9.17, 15) is 0 Å². The molecule has 0 fully saturated rings. The summed E-state index contributed by atoms with van der Waals surface area (Å²) >= 11 is 5.89. The van der Waals surface area contributed by atoms with Crippen LogP contribution < -0.4 is 14.8 Å². The summed E-state index contributed by atoms with van der Waals surface area (Å²) in [4.78, 5) is 0. The third-order valence-electron chi connectivity index (χ3n) is 3.49. The zero-order chi connectivity index (χ0) is 17.2. The molecule has 0 heterocycles. The van der Waals surface area contributed by atoms with Gasteiger partial charge in [-0.25, -0.2) is 0 Å². The number of ether oxygens (including phenoxy) is 2. The molecule has 0 spiro atoms. The predicted octanol–water partition coefficient (Wildman–Crippen LogP) is 3.44. The van der Waals surface area contributed by atoms with Gasteiger partial charge >= 0.3 is 0 Å². The van der Waals surface area contributed by atoms with E-state index in [1.54, 1.807) is 0 Å². The van der Waals surface area contributed by atoms with E-state index in [1.807, 2.05) is 49.4 Å². The van der Waals surface area contributed by atoms with E-state index in [0.29, 0.717) is 18.1 Å². The molecule has 0 aliphatic rings. The molecule has 4 nitrogen and oxygen atoms in total. The Kier molecular flexibility index (Phi) is 7.89. The van der Waals surface area contributed by atoms with Crippen LogP contribution in [0.25, 0.3) is 0 Å². The van der Waals surface area contributed by atoms with Crippen LogP contribution in [0.5, 0.6) is 11.5 Å². The van der Waals surface area contributed by atoms with Crippen LogP contribution in [0.3, 0.4) is 0 Å². The van der Waals surface area contributed by atoms with Gasteiger partial charge in [-0.05, 0) is 55.3 Å². The van der Waals surface area contributed by atoms with Crippen molar-refractivity contribution >= 4 is 11.6 Å². The lowest BCUT2D eigenvalue weighted by Crippen LogP contribution is -2.16. The van der Waals surface area contributed by atoms with Crippen molar-refractivity contribution in [2.45, 2.75) is 19.9 Å². The normalized spacial score (nSPS) is 10.6. The number of nitrogens with one attached hydrogen (secondary N) is 1. The molecule has 0 saturated carbocycles. The van der Waals surface area contributed by atoms with Gasteiger partial charge in [0.25, 0.3) is 0 Å². The molecule has 0 saturated heterocycles. The van der Waals surface area contributed by atoms with Gasteiger partial charge in [0, 0.05) is 11.6 Å². The Hall–Kier alpha value is -1.75. The lowest BCUT2D eigenvalue weighted by molar-refractivity contribution is 0.194. The topological polar surface area (TPSA) is 50.7 Å². The van der Waals surface area contributed by atoms with Crippen molar-refractivity contribution in [3.8, 4) is 11.5 Å². The third kappa shape index (κ3) is 6.04. The van der Waals surface area contributed by atoms with E-state index in [1.165, 1.54) is 5.56 Å². The first kappa shape index (κ1) is 18.6. The first-order valence-electron chi connectivity index (χ1n) is 8.17. The number of benzene rings is 2. The van der Waals surface area contributed by atoms with Crippen LogP contribution in [-0.4, -0.2) is 31.5 Å². The highest BCUT2D eigenvalue weighted by Gasteiger charge is 2.06. The van der Waals surface area contributed by atoms with Crippen molar-refractivity contribution in [1.82, 2.24) is 5.32 Å². The maximum absolute atomic E-state index is 8.87. The first-order valence-corrected chi connectivity index (χ1v) is 8.55. The molecule has 2 rings (SSSR count). The van der Waals surface area contributed by atoms with Crippen LogP contribution in [0.4, 0.5) is 0 Å². The zero-order valence-electron chi connectivity index (χ0n) is 13.9. The minimum atomic E-state index is -0.0143. The van der Waals surface area contributed by atoms with E-state index < -0.39 is 0 Å². The van der Waals surface area contributed by atoms with E-state index in [0.717, 1.165) is 30.1 Å².